The largest absolute Gasteiger partial charge is 0.345 e. The molecule has 19 heavy (non-hydrogen) atoms. The van der Waals surface area contributed by atoms with Crippen molar-refractivity contribution >= 4 is 5.91 Å². The second-order valence-electron chi connectivity index (χ2n) is 4.47. The monoisotopic (exact) mass is 250 g/mol. The van der Waals surface area contributed by atoms with Gasteiger partial charge in [-0.25, -0.2) is 0 Å². The van der Waals surface area contributed by atoms with Crippen molar-refractivity contribution in [2.24, 2.45) is 0 Å². The molecular weight excluding hydrogens is 236 g/mol. The van der Waals surface area contributed by atoms with E-state index in [9.17, 15) is 4.79 Å². The maximum atomic E-state index is 11.9. The maximum absolute atomic E-state index is 11.9. The Labute approximate surface area is 112 Å². The molecule has 2 aromatic rings. The number of nitriles is 1. The standard InChI is InChI=1S/C16H14N2O/c1-18(2)16(19)15-8-4-7-14(10-15)13-6-3-5-12(9-13)11-17/h3-10H,1-2H3. The number of nitrogens with zero attached hydrogens (tertiary/aromatic N) is 2. The van der Waals surface area contributed by atoms with Crippen molar-refractivity contribution in [1.29, 1.82) is 5.26 Å². The first-order valence-corrected chi connectivity index (χ1v) is 5.94. The second-order valence-corrected chi connectivity index (χ2v) is 4.47. The van der Waals surface area contributed by atoms with E-state index < -0.39 is 0 Å². The highest BCUT2D eigenvalue weighted by atomic mass is 16.2. The number of carbonyl (C=O) groups is 1. The van der Waals surface area contributed by atoms with E-state index in [-0.39, 0.29) is 5.91 Å². The molecule has 3 heteroatoms. The summed E-state index contributed by atoms with van der Waals surface area (Å²) in [5, 5.41) is 8.91. The molecule has 0 aliphatic carbocycles. The zero-order chi connectivity index (χ0) is 13.8. The van der Waals surface area contributed by atoms with Gasteiger partial charge in [-0.3, -0.25) is 4.79 Å². The van der Waals surface area contributed by atoms with E-state index in [4.69, 9.17) is 5.26 Å². The van der Waals surface area contributed by atoms with E-state index in [1.165, 1.54) is 0 Å². The normalized spacial score (nSPS) is 9.74. The minimum absolute atomic E-state index is 0.0294. The summed E-state index contributed by atoms with van der Waals surface area (Å²) < 4.78 is 0. The SMILES string of the molecule is CN(C)C(=O)c1cccc(-c2cccc(C#N)c2)c1. The summed E-state index contributed by atoms with van der Waals surface area (Å²) in [6.45, 7) is 0. The van der Waals surface area contributed by atoms with Gasteiger partial charge in [-0.1, -0.05) is 24.3 Å². The summed E-state index contributed by atoms with van der Waals surface area (Å²) in [5.74, 6) is -0.0294. The van der Waals surface area contributed by atoms with E-state index in [1.54, 1.807) is 31.1 Å². The molecule has 0 heterocycles. The fraction of sp³-hybridized carbons (Fsp3) is 0.125. The molecule has 0 saturated carbocycles. The molecule has 0 spiro atoms. The topological polar surface area (TPSA) is 44.1 Å². The van der Waals surface area contributed by atoms with E-state index >= 15 is 0 Å². The first-order valence-electron chi connectivity index (χ1n) is 5.94. The lowest BCUT2D eigenvalue weighted by molar-refractivity contribution is 0.0827. The Morgan fingerprint density at radius 1 is 1.05 bits per heavy atom. The molecule has 0 saturated heterocycles. The number of carbonyl (C=O) groups excluding carboxylic acids is 1. The quantitative estimate of drug-likeness (QED) is 0.822. The van der Waals surface area contributed by atoms with Crippen LogP contribution in [-0.2, 0) is 0 Å². The van der Waals surface area contributed by atoms with Crippen LogP contribution >= 0.6 is 0 Å². The van der Waals surface area contributed by atoms with Gasteiger partial charge in [0.25, 0.3) is 5.91 Å². The third kappa shape index (κ3) is 2.80. The Bertz CT molecular complexity index is 654. The van der Waals surface area contributed by atoms with Crippen LogP contribution in [0.1, 0.15) is 15.9 Å². The van der Waals surface area contributed by atoms with Crippen molar-refractivity contribution in [2.45, 2.75) is 0 Å². The lowest BCUT2D eigenvalue weighted by atomic mass is 10.0. The molecule has 2 rings (SSSR count). The van der Waals surface area contributed by atoms with Crippen LogP contribution in [0.3, 0.4) is 0 Å². The fourth-order valence-corrected chi connectivity index (χ4v) is 1.86. The van der Waals surface area contributed by atoms with Crippen molar-refractivity contribution in [3.63, 3.8) is 0 Å². The first-order chi connectivity index (χ1) is 9.11. The molecule has 0 N–H and O–H groups in total. The molecular formula is C16H14N2O. The molecule has 0 aliphatic rings. The molecule has 0 atom stereocenters. The number of hydrogen-bond acceptors (Lipinski definition) is 2. The van der Waals surface area contributed by atoms with Crippen LogP contribution in [0.5, 0.6) is 0 Å². The minimum Gasteiger partial charge on any atom is -0.345 e. The smallest absolute Gasteiger partial charge is 0.253 e. The molecule has 1 amide bonds. The number of amides is 1. The van der Waals surface area contributed by atoms with Crippen molar-refractivity contribution in [3.8, 4) is 17.2 Å². The predicted molar refractivity (Wildman–Crippen MR) is 74.6 cm³/mol. The summed E-state index contributed by atoms with van der Waals surface area (Å²) in [7, 11) is 3.45. The highest BCUT2D eigenvalue weighted by Crippen LogP contribution is 2.21. The molecule has 0 fully saturated rings. The van der Waals surface area contributed by atoms with Gasteiger partial charge in [-0.2, -0.15) is 5.26 Å². The first kappa shape index (κ1) is 12.8. The molecule has 0 bridgehead atoms. The predicted octanol–water partition coefficient (Wildman–Crippen LogP) is 2.93. The number of benzene rings is 2. The molecule has 0 aliphatic heterocycles. The third-order valence-electron chi connectivity index (χ3n) is 2.84. The van der Waals surface area contributed by atoms with Crippen molar-refractivity contribution in [2.75, 3.05) is 14.1 Å². The zero-order valence-corrected chi connectivity index (χ0v) is 10.9. The highest BCUT2D eigenvalue weighted by molar-refractivity contribution is 5.95. The van der Waals surface area contributed by atoms with Gasteiger partial charge in [-0.15, -0.1) is 0 Å². The lowest BCUT2D eigenvalue weighted by Crippen LogP contribution is -2.21. The van der Waals surface area contributed by atoms with E-state index in [0.717, 1.165) is 11.1 Å². The Kier molecular flexibility index (Phi) is 3.63. The number of rotatable bonds is 2. The van der Waals surface area contributed by atoms with Gasteiger partial charge in [0.05, 0.1) is 11.6 Å². The Morgan fingerprint density at radius 3 is 2.32 bits per heavy atom. The minimum atomic E-state index is -0.0294. The van der Waals surface area contributed by atoms with Crippen LogP contribution in [0, 0.1) is 11.3 Å². The Balaban J connectivity index is 2.43. The van der Waals surface area contributed by atoms with Gasteiger partial charge in [0.2, 0.25) is 0 Å². The summed E-state index contributed by atoms with van der Waals surface area (Å²) in [6.07, 6.45) is 0. The van der Waals surface area contributed by atoms with Gasteiger partial charge in [0, 0.05) is 19.7 Å². The lowest BCUT2D eigenvalue weighted by Gasteiger charge is -2.11. The van der Waals surface area contributed by atoms with Crippen molar-refractivity contribution in [1.82, 2.24) is 4.90 Å². The highest BCUT2D eigenvalue weighted by Gasteiger charge is 2.09. The van der Waals surface area contributed by atoms with Crippen LogP contribution < -0.4 is 0 Å². The van der Waals surface area contributed by atoms with Gasteiger partial charge in [0.1, 0.15) is 0 Å². The van der Waals surface area contributed by atoms with Gasteiger partial charge in [0.15, 0.2) is 0 Å². The second kappa shape index (κ2) is 5.36. The molecule has 0 radical (unpaired) electrons. The summed E-state index contributed by atoms with van der Waals surface area (Å²) in [4.78, 5) is 13.5. The molecule has 0 aromatic heterocycles. The summed E-state index contributed by atoms with van der Waals surface area (Å²) in [6, 6.07) is 16.9. The van der Waals surface area contributed by atoms with E-state index in [1.807, 2.05) is 36.4 Å². The van der Waals surface area contributed by atoms with E-state index in [2.05, 4.69) is 6.07 Å². The van der Waals surface area contributed by atoms with Crippen LogP contribution in [0.25, 0.3) is 11.1 Å². The van der Waals surface area contributed by atoms with Gasteiger partial charge in [-0.05, 0) is 35.4 Å². The molecule has 94 valence electrons. The van der Waals surface area contributed by atoms with Crippen LogP contribution in [0.4, 0.5) is 0 Å². The Morgan fingerprint density at radius 2 is 1.68 bits per heavy atom. The average Bonchev–Trinajstić information content (AvgIpc) is 2.46. The molecule has 3 nitrogen and oxygen atoms in total. The average molecular weight is 250 g/mol. The van der Waals surface area contributed by atoms with Gasteiger partial charge >= 0.3 is 0 Å². The summed E-state index contributed by atoms with van der Waals surface area (Å²) >= 11 is 0. The van der Waals surface area contributed by atoms with Crippen molar-refractivity contribution < 1.29 is 4.79 Å². The van der Waals surface area contributed by atoms with Crippen LogP contribution in [0.2, 0.25) is 0 Å². The van der Waals surface area contributed by atoms with Crippen molar-refractivity contribution in [3.05, 3.63) is 59.7 Å². The van der Waals surface area contributed by atoms with E-state index in [0.29, 0.717) is 11.1 Å². The number of hydrogen-bond donors (Lipinski definition) is 0. The van der Waals surface area contributed by atoms with Gasteiger partial charge < -0.3 is 4.90 Å². The summed E-state index contributed by atoms with van der Waals surface area (Å²) in [5.41, 5.74) is 3.13. The maximum Gasteiger partial charge on any atom is 0.253 e. The fourth-order valence-electron chi connectivity index (χ4n) is 1.86. The molecule has 0 unspecified atom stereocenters. The molecule has 2 aromatic carbocycles. The third-order valence-corrected chi connectivity index (χ3v) is 2.84. The zero-order valence-electron chi connectivity index (χ0n) is 10.9. The Hall–Kier alpha value is -2.60. The van der Waals surface area contributed by atoms with Crippen LogP contribution in [0.15, 0.2) is 48.5 Å². The van der Waals surface area contributed by atoms with Crippen LogP contribution in [-0.4, -0.2) is 24.9 Å².